The normalized spacial score (nSPS) is 24.8. The Kier molecular flexibility index (Phi) is 13.3. The van der Waals surface area contributed by atoms with Crippen molar-refractivity contribution >= 4 is 23.9 Å². The molecule has 4 aliphatic heterocycles. The Bertz CT molecular complexity index is 2070. The minimum absolute atomic E-state index is 0.0323. The number of rotatable bonds is 9. The van der Waals surface area contributed by atoms with E-state index in [9.17, 15) is 19.2 Å². The maximum absolute atomic E-state index is 14.6. The van der Waals surface area contributed by atoms with Crippen LogP contribution in [0.15, 0.2) is 36.4 Å². The average Bonchev–Trinajstić information content (AvgIpc) is 3.05. The number of hydrogen-bond acceptors (Lipinski definition) is 12. The lowest BCUT2D eigenvalue weighted by Gasteiger charge is -2.46. The first-order chi connectivity index (χ1) is 29.1. The molecule has 0 aromatic heterocycles. The molecule has 2 aromatic carbocycles. The molecule has 12 nitrogen and oxygen atoms in total. The van der Waals surface area contributed by atoms with Gasteiger partial charge in [-0.3, -0.25) is 0 Å². The van der Waals surface area contributed by atoms with E-state index in [0.717, 1.165) is 0 Å². The summed E-state index contributed by atoms with van der Waals surface area (Å²) in [7, 11) is 0. The minimum atomic E-state index is -0.658. The van der Waals surface area contributed by atoms with E-state index in [0.29, 0.717) is 62.5 Å². The lowest BCUT2D eigenvalue weighted by molar-refractivity contribution is -0.0106. The molecule has 6 rings (SSSR count). The highest BCUT2D eigenvalue weighted by molar-refractivity contribution is 6.06. The van der Waals surface area contributed by atoms with Gasteiger partial charge in [0.15, 0.2) is 0 Å². The molecule has 0 radical (unpaired) electrons. The molecule has 0 bridgehead atoms. The summed E-state index contributed by atoms with van der Waals surface area (Å²) in [6.45, 7) is 33.4. The Morgan fingerprint density at radius 2 is 0.672 bits per heavy atom. The van der Waals surface area contributed by atoms with Crippen LogP contribution >= 0.6 is 0 Å². The number of ether oxygens (including phenoxy) is 4. The van der Waals surface area contributed by atoms with Crippen molar-refractivity contribution < 1.29 is 38.1 Å². The molecule has 4 fully saturated rings. The third kappa shape index (κ3) is 12.7. The third-order valence-electron chi connectivity index (χ3n) is 13.0. The summed E-state index contributed by atoms with van der Waals surface area (Å²) in [4.78, 5) is 57.4. The lowest BCUT2D eigenvalue weighted by Crippen LogP contribution is -2.59. The van der Waals surface area contributed by atoms with Crippen molar-refractivity contribution in [1.29, 1.82) is 0 Å². The summed E-state index contributed by atoms with van der Waals surface area (Å²) in [6.07, 6.45) is 3.20. The highest BCUT2D eigenvalue weighted by Gasteiger charge is 2.44. The Morgan fingerprint density at radius 1 is 0.375 bits per heavy atom. The van der Waals surface area contributed by atoms with Crippen LogP contribution in [0.5, 0.6) is 0 Å². The first-order valence-corrected chi connectivity index (χ1v) is 23.4. The van der Waals surface area contributed by atoms with E-state index < -0.39 is 42.2 Å². The van der Waals surface area contributed by atoms with E-state index in [4.69, 9.17) is 18.9 Å². The molecular weight excluding hydrogens is 809 g/mol. The van der Waals surface area contributed by atoms with Crippen LogP contribution in [0, 0.1) is 0 Å². The molecule has 0 spiro atoms. The van der Waals surface area contributed by atoms with Gasteiger partial charge in [-0.2, -0.15) is 0 Å². The maximum atomic E-state index is 14.6. The van der Waals surface area contributed by atoms with Gasteiger partial charge in [0.25, 0.3) is 0 Å². The maximum Gasteiger partial charge on any atom is 0.339 e. The SMILES string of the molecule is CC1(C)CC(OC(=O)c2ccc(-c3ccc(C(=O)OC4CC(C)(C)NC(C)(C)C4)c(C(=O)OC4CC(C)(C)NC(C)(C)C4)c3)c(C(=O)OC3CC(C)(C)NC(C)(C)C3)c2)CC(C)(C)N1. The van der Waals surface area contributed by atoms with Gasteiger partial charge in [-0.05, 0) is 146 Å². The number of carbonyl (C=O) groups is 4. The van der Waals surface area contributed by atoms with E-state index in [1.807, 2.05) is 0 Å². The number of esters is 4. The molecule has 0 saturated carbocycles. The second kappa shape index (κ2) is 17.1. The molecule has 0 amide bonds. The van der Waals surface area contributed by atoms with Gasteiger partial charge in [0.2, 0.25) is 0 Å². The minimum Gasteiger partial charge on any atom is -0.459 e. The molecule has 0 unspecified atom stereocenters. The summed E-state index contributed by atoms with van der Waals surface area (Å²) >= 11 is 0. The second-order valence-corrected chi connectivity index (χ2v) is 24.8. The van der Waals surface area contributed by atoms with Crippen molar-refractivity contribution in [2.24, 2.45) is 0 Å². The average molecular weight is 887 g/mol. The van der Waals surface area contributed by atoms with Gasteiger partial charge in [0, 0.05) is 95.7 Å². The topological polar surface area (TPSA) is 153 Å². The molecule has 4 saturated heterocycles. The highest BCUT2D eigenvalue weighted by Crippen LogP contribution is 2.37. The van der Waals surface area contributed by atoms with Crippen molar-refractivity contribution in [2.75, 3.05) is 0 Å². The summed E-state index contributed by atoms with van der Waals surface area (Å²) in [5.74, 6) is -2.42. The van der Waals surface area contributed by atoms with E-state index in [2.05, 4.69) is 132 Å². The van der Waals surface area contributed by atoms with Gasteiger partial charge < -0.3 is 40.2 Å². The molecule has 2 aromatic rings. The predicted octanol–water partition coefficient (Wildman–Crippen LogP) is 9.22. The van der Waals surface area contributed by atoms with Crippen LogP contribution in [-0.4, -0.2) is 92.6 Å². The second-order valence-electron chi connectivity index (χ2n) is 24.8. The molecule has 0 aliphatic carbocycles. The Balaban J connectivity index is 1.40. The van der Waals surface area contributed by atoms with Gasteiger partial charge in [0.1, 0.15) is 24.4 Å². The van der Waals surface area contributed by atoms with Crippen molar-refractivity contribution in [3.8, 4) is 11.1 Å². The number of benzene rings is 2. The Hall–Kier alpha value is -3.84. The van der Waals surface area contributed by atoms with Crippen LogP contribution in [-0.2, 0) is 18.9 Å². The molecule has 4 aliphatic rings. The van der Waals surface area contributed by atoms with E-state index in [-0.39, 0.29) is 72.7 Å². The molecular formula is C52H78N4O8. The third-order valence-corrected chi connectivity index (χ3v) is 13.0. The van der Waals surface area contributed by atoms with Gasteiger partial charge in [-0.25, -0.2) is 19.2 Å². The lowest BCUT2D eigenvalue weighted by atomic mass is 9.81. The van der Waals surface area contributed by atoms with Crippen molar-refractivity contribution in [3.05, 3.63) is 58.7 Å². The molecule has 4 heterocycles. The number of piperidine rings is 4. The zero-order chi connectivity index (χ0) is 47.6. The number of nitrogens with one attached hydrogen (secondary N) is 4. The fourth-order valence-electron chi connectivity index (χ4n) is 12.3. The van der Waals surface area contributed by atoms with Gasteiger partial charge in [-0.15, -0.1) is 0 Å². The number of hydrogen-bond donors (Lipinski definition) is 4. The van der Waals surface area contributed by atoms with Crippen molar-refractivity contribution in [2.45, 2.75) is 231 Å². The molecule has 12 heteroatoms. The fourth-order valence-corrected chi connectivity index (χ4v) is 12.3. The van der Waals surface area contributed by atoms with Gasteiger partial charge in [-0.1, -0.05) is 12.1 Å². The van der Waals surface area contributed by atoms with Crippen LogP contribution < -0.4 is 21.3 Å². The zero-order valence-electron chi connectivity index (χ0n) is 41.7. The van der Waals surface area contributed by atoms with E-state index >= 15 is 0 Å². The van der Waals surface area contributed by atoms with Crippen LogP contribution in [0.1, 0.15) is 204 Å². The smallest absolute Gasteiger partial charge is 0.339 e. The molecule has 4 N–H and O–H groups in total. The van der Waals surface area contributed by atoms with Crippen molar-refractivity contribution in [3.63, 3.8) is 0 Å². The van der Waals surface area contributed by atoms with Gasteiger partial charge in [0.05, 0.1) is 22.3 Å². The highest BCUT2D eigenvalue weighted by atomic mass is 16.6. The summed E-state index contributed by atoms with van der Waals surface area (Å²) in [5, 5.41) is 14.5. The van der Waals surface area contributed by atoms with Crippen LogP contribution in [0.4, 0.5) is 0 Å². The largest absolute Gasteiger partial charge is 0.459 e. The Morgan fingerprint density at radius 3 is 1.02 bits per heavy atom. The molecule has 64 heavy (non-hydrogen) atoms. The van der Waals surface area contributed by atoms with Crippen LogP contribution in [0.3, 0.4) is 0 Å². The predicted molar refractivity (Wildman–Crippen MR) is 251 cm³/mol. The first-order valence-electron chi connectivity index (χ1n) is 23.4. The number of carbonyl (C=O) groups excluding carboxylic acids is 4. The van der Waals surface area contributed by atoms with E-state index in [1.165, 1.54) is 6.07 Å². The molecule has 0 atom stereocenters. The quantitative estimate of drug-likeness (QED) is 0.140. The Labute approximate surface area is 382 Å². The van der Waals surface area contributed by atoms with Crippen LogP contribution in [0.25, 0.3) is 11.1 Å². The molecule has 354 valence electrons. The zero-order valence-corrected chi connectivity index (χ0v) is 41.7. The first kappa shape index (κ1) is 49.6. The monoisotopic (exact) mass is 887 g/mol. The summed E-state index contributed by atoms with van der Waals surface area (Å²) in [5.41, 5.74) is -0.900. The standard InChI is InChI=1S/C52H78N4O8/c1-45(2)23-33(24-46(3,4)53-45)61-41(57)32-18-19-37(39(22-32)43(59)63-35-27-49(9,10)55-50(11,12)28-35)31-17-20-38(42(58)62-34-25-47(5,6)54-48(7,8)26-34)40(21-31)44(60)64-36-29-51(13,14)56-52(15,16)30-36/h17-22,33-36,53-56H,23-30H2,1-16H3. The summed E-state index contributed by atoms with van der Waals surface area (Å²) in [6, 6.07) is 9.77. The summed E-state index contributed by atoms with van der Waals surface area (Å²) < 4.78 is 25.0. The van der Waals surface area contributed by atoms with Crippen LogP contribution in [0.2, 0.25) is 0 Å². The van der Waals surface area contributed by atoms with Gasteiger partial charge >= 0.3 is 23.9 Å². The van der Waals surface area contributed by atoms with E-state index in [1.54, 1.807) is 30.3 Å². The fraction of sp³-hybridized carbons (Fsp3) is 0.692. The van der Waals surface area contributed by atoms with Crippen molar-refractivity contribution in [1.82, 2.24) is 21.3 Å².